The van der Waals surface area contributed by atoms with Gasteiger partial charge in [-0.15, -0.1) is 0 Å². The van der Waals surface area contributed by atoms with Crippen LogP contribution in [0.2, 0.25) is 0 Å². The highest BCUT2D eigenvalue weighted by Gasteiger charge is 2.22. The second-order valence-corrected chi connectivity index (χ2v) is 4.18. The second kappa shape index (κ2) is 4.87. The summed E-state index contributed by atoms with van der Waals surface area (Å²) >= 11 is 0. The molecule has 0 aromatic heterocycles. The molecule has 1 heterocycles. The minimum absolute atomic E-state index is 0.347. The Bertz CT molecular complexity index is 359. The summed E-state index contributed by atoms with van der Waals surface area (Å²) in [7, 11) is 0. The van der Waals surface area contributed by atoms with E-state index in [9.17, 15) is 13.2 Å². The van der Waals surface area contributed by atoms with E-state index in [2.05, 4.69) is 5.32 Å². The van der Waals surface area contributed by atoms with Crippen molar-refractivity contribution < 1.29 is 13.2 Å². The van der Waals surface area contributed by atoms with E-state index < -0.39 is 17.8 Å². The molecule has 0 aliphatic carbocycles. The van der Waals surface area contributed by atoms with Gasteiger partial charge in [0.1, 0.15) is 5.82 Å². The largest absolute Gasteiger partial charge is 0.316 e. The van der Waals surface area contributed by atoms with Gasteiger partial charge in [-0.1, -0.05) is 12.1 Å². The lowest BCUT2D eigenvalue weighted by molar-refractivity contribution is 0.145. The average molecular weight is 229 g/mol. The van der Waals surface area contributed by atoms with E-state index in [4.69, 9.17) is 0 Å². The smallest absolute Gasteiger partial charge is 0.266 e. The van der Waals surface area contributed by atoms with Crippen LogP contribution in [0, 0.1) is 11.7 Å². The van der Waals surface area contributed by atoms with Crippen LogP contribution in [0.4, 0.5) is 13.2 Å². The van der Waals surface area contributed by atoms with Crippen LogP contribution in [0.25, 0.3) is 0 Å². The molecule has 1 unspecified atom stereocenters. The Balaban J connectivity index is 2.21. The van der Waals surface area contributed by atoms with Crippen LogP contribution in [-0.2, 0) is 6.42 Å². The fourth-order valence-corrected chi connectivity index (χ4v) is 2.20. The average Bonchev–Trinajstić information content (AvgIpc) is 2.70. The third-order valence-corrected chi connectivity index (χ3v) is 3.03. The van der Waals surface area contributed by atoms with Crippen LogP contribution in [0.15, 0.2) is 18.2 Å². The molecule has 0 saturated carbocycles. The highest BCUT2D eigenvalue weighted by atomic mass is 19.3. The van der Waals surface area contributed by atoms with E-state index in [1.54, 1.807) is 6.07 Å². The van der Waals surface area contributed by atoms with Crippen molar-refractivity contribution in [2.75, 3.05) is 13.1 Å². The van der Waals surface area contributed by atoms with Crippen LogP contribution < -0.4 is 5.32 Å². The van der Waals surface area contributed by atoms with Crippen molar-refractivity contribution in [1.29, 1.82) is 0 Å². The highest BCUT2D eigenvalue weighted by Crippen LogP contribution is 2.28. The number of hydrogen-bond acceptors (Lipinski definition) is 1. The Morgan fingerprint density at radius 2 is 2.19 bits per heavy atom. The Morgan fingerprint density at radius 1 is 1.38 bits per heavy atom. The van der Waals surface area contributed by atoms with Gasteiger partial charge >= 0.3 is 0 Å². The third-order valence-electron chi connectivity index (χ3n) is 3.03. The summed E-state index contributed by atoms with van der Waals surface area (Å²) in [4.78, 5) is 0. The lowest BCUT2D eigenvalue weighted by atomic mass is 9.95. The SMILES string of the molecule is Fc1cccc(CC2CCNC2)c1C(F)F. The normalized spacial score (nSPS) is 20.6. The molecule has 2 rings (SSSR count). The van der Waals surface area contributed by atoms with Crippen LogP contribution in [0.3, 0.4) is 0 Å². The Hall–Kier alpha value is -1.03. The molecular weight excluding hydrogens is 215 g/mol. The van der Waals surface area contributed by atoms with Crippen molar-refractivity contribution in [1.82, 2.24) is 5.32 Å². The summed E-state index contributed by atoms with van der Waals surface area (Å²) in [5, 5.41) is 3.17. The fraction of sp³-hybridized carbons (Fsp3) is 0.500. The molecule has 1 atom stereocenters. The van der Waals surface area contributed by atoms with Crippen molar-refractivity contribution in [3.05, 3.63) is 35.1 Å². The fourth-order valence-electron chi connectivity index (χ4n) is 2.20. The maximum atomic E-state index is 13.3. The van der Waals surface area contributed by atoms with E-state index in [1.807, 2.05) is 0 Å². The number of alkyl halides is 2. The predicted octanol–water partition coefficient (Wildman–Crippen LogP) is 2.92. The molecule has 1 aliphatic heterocycles. The molecule has 1 aromatic rings. The molecular formula is C12H14F3N. The van der Waals surface area contributed by atoms with Gasteiger partial charge in [-0.2, -0.15) is 0 Å². The quantitative estimate of drug-likeness (QED) is 0.840. The first-order valence-electron chi connectivity index (χ1n) is 5.44. The molecule has 0 bridgehead atoms. The van der Waals surface area contributed by atoms with E-state index in [0.717, 1.165) is 25.6 Å². The number of benzene rings is 1. The van der Waals surface area contributed by atoms with Gasteiger partial charge in [-0.3, -0.25) is 0 Å². The van der Waals surface area contributed by atoms with Crippen LogP contribution in [0.5, 0.6) is 0 Å². The van der Waals surface area contributed by atoms with Crippen molar-refractivity contribution in [2.24, 2.45) is 5.92 Å². The van der Waals surface area contributed by atoms with Crippen molar-refractivity contribution in [3.8, 4) is 0 Å². The topological polar surface area (TPSA) is 12.0 Å². The van der Waals surface area contributed by atoms with Crippen LogP contribution in [-0.4, -0.2) is 13.1 Å². The maximum Gasteiger partial charge on any atom is 0.266 e. The Kier molecular flexibility index (Phi) is 3.49. The number of nitrogens with one attached hydrogen (secondary N) is 1. The molecule has 88 valence electrons. The maximum absolute atomic E-state index is 13.3. The van der Waals surface area contributed by atoms with Gasteiger partial charge in [-0.05, 0) is 43.5 Å². The van der Waals surface area contributed by atoms with Gasteiger partial charge in [0.15, 0.2) is 0 Å². The zero-order valence-corrected chi connectivity index (χ0v) is 8.85. The summed E-state index contributed by atoms with van der Waals surface area (Å²) in [5.74, 6) is -0.447. The first-order chi connectivity index (χ1) is 7.68. The molecule has 1 fully saturated rings. The van der Waals surface area contributed by atoms with Crippen molar-refractivity contribution in [3.63, 3.8) is 0 Å². The molecule has 1 N–H and O–H groups in total. The number of hydrogen-bond donors (Lipinski definition) is 1. The van der Waals surface area contributed by atoms with Gasteiger partial charge in [0.2, 0.25) is 0 Å². The standard InChI is InChI=1S/C12H14F3N/c13-10-3-1-2-9(11(10)12(14)15)6-8-4-5-16-7-8/h1-3,8,12,16H,4-7H2. The summed E-state index contributed by atoms with van der Waals surface area (Å²) in [6.45, 7) is 1.75. The molecule has 0 spiro atoms. The summed E-state index contributed by atoms with van der Waals surface area (Å²) in [5.41, 5.74) is 0.0260. The minimum Gasteiger partial charge on any atom is -0.316 e. The second-order valence-electron chi connectivity index (χ2n) is 4.18. The summed E-state index contributed by atoms with van der Waals surface area (Å²) in [6.07, 6.45) is -1.23. The van der Waals surface area contributed by atoms with Gasteiger partial charge in [0, 0.05) is 0 Å². The van der Waals surface area contributed by atoms with Gasteiger partial charge in [-0.25, -0.2) is 13.2 Å². The van der Waals surface area contributed by atoms with Gasteiger partial charge in [0.05, 0.1) is 5.56 Å². The summed E-state index contributed by atoms with van der Waals surface area (Å²) < 4.78 is 38.7. The molecule has 1 aromatic carbocycles. The molecule has 1 aliphatic rings. The molecule has 1 nitrogen and oxygen atoms in total. The van der Waals surface area contributed by atoms with E-state index in [-0.39, 0.29) is 0 Å². The number of halogens is 3. The Morgan fingerprint density at radius 3 is 2.81 bits per heavy atom. The zero-order valence-electron chi connectivity index (χ0n) is 8.85. The van der Waals surface area contributed by atoms with Crippen molar-refractivity contribution >= 4 is 0 Å². The molecule has 0 amide bonds. The zero-order chi connectivity index (χ0) is 11.5. The van der Waals surface area contributed by atoms with E-state index in [0.29, 0.717) is 17.9 Å². The van der Waals surface area contributed by atoms with Gasteiger partial charge < -0.3 is 5.32 Å². The lowest BCUT2D eigenvalue weighted by Gasteiger charge is -2.13. The van der Waals surface area contributed by atoms with Crippen LogP contribution in [0.1, 0.15) is 24.0 Å². The van der Waals surface area contributed by atoms with E-state index >= 15 is 0 Å². The minimum atomic E-state index is -2.73. The van der Waals surface area contributed by atoms with Gasteiger partial charge in [0.25, 0.3) is 6.43 Å². The first kappa shape index (κ1) is 11.5. The first-order valence-corrected chi connectivity index (χ1v) is 5.44. The molecule has 4 heteroatoms. The van der Waals surface area contributed by atoms with Crippen molar-refractivity contribution in [2.45, 2.75) is 19.3 Å². The number of rotatable bonds is 3. The predicted molar refractivity (Wildman–Crippen MR) is 56.0 cm³/mol. The van der Waals surface area contributed by atoms with E-state index in [1.165, 1.54) is 6.07 Å². The molecule has 16 heavy (non-hydrogen) atoms. The monoisotopic (exact) mass is 229 g/mol. The van der Waals surface area contributed by atoms with Crippen LogP contribution >= 0.6 is 0 Å². The lowest BCUT2D eigenvalue weighted by Crippen LogP contribution is -2.12. The third kappa shape index (κ3) is 2.38. The highest BCUT2D eigenvalue weighted by molar-refractivity contribution is 5.30. The summed E-state index contributed by atoms with van der Waals surface area (Å²) in [6, 6.07) is 4.19. The molecule has 0 radical (unpaired) electrons. The Labute approximate surface area is 92.7 Å². The molecule has 1 saturated heterocycles.